The molecule has 4 atom stereocenters. The normalized spacial score (nSPS) is 27.1. The molecule has 4 heteroatoms. The molecule has 0 spiro atoms. The molecule has 3 nitrogen and oxygen atoms in total. The molecule has 0 heterocycles. The zero-order chi connectivity index (χ0) is 14.5. The highest BCUT2D eigenvalue weighted by molar-refractivity contribution is 7.85. The molecule has 2 rings (SSSR count). The van der Waals surface area contributed by atoms with Crippen LogP contribution >= 0.6 is 0 Å². The van der Waals surface area contributed by atoms with Gasteiger partial charge in [0.1, 0.15) is 0 Å². The van der Waals surface area contributed by atoms with Crippen molar-refractivity contribution in [2.24, 2.45) is 0 Å². The highest BCUT2D eigenvalue weighted by Crippen LogP contribution is 2.39. The van der Waals surface area contributed by atoms with E-state index in [2.05, 4.69) is 43.4 Å². The Morgan fingerprint density at radius 2 is 2.05 bits per heavy atom. The fourth-order valence-electron chi connectivity index (χ4n) is 3.09. The first-order valence-corrected chi connectivity index (χ1v) is 8.75. The van der Waals surface area contributed by atoms with E-state index < -0.39 is 10.8 Å². The van der Waals surface area contributed by atoms with Crippen LogP contribution in [0.4, 0.5) is 0 Å². The predicted molar refractivity (Wildman–Crippen MR) is 84.6 cm³/mol. The quantitative estimate of drug-likeness (QED) is 0.877. The maximum absolute atomic E-state index is 12.6. The monoisotopic (exact) mass is 295 g/mol. The number of methoxy groups -OCH3 is 1. The third-order valence-corrected chi connectivity index (χ3v) is 5.78. The maximum Gasteiger partial charge on any atom is 0.0577 e. The first kappa shape index (κ1) is 15.7. The van der Waals surface area contributed by atoms with Crippen LogP contribution in [0.15, 0.2) is 24.3 Å². The Hall–Kier alpha value is -0.710. The second-order valence-corrected chi connectivity index (χ2v) is 7.19. The van der Waals surface area contributed by atoms with Crippen LogP contribution in [0.5, 0.6) is 0 Å². The van der Waals surface area contributed by atoms with Crippen molar-refractivity contribution in [3.63, 3.8) is 0 Å². The summed E-state index contributed by atoms with van der Waals surface area (Å²) in [6, 6.07) is 8.76. The molecule has 4 unspecified atom stereocenters. The Bertz CT molecular complexity index is 464. The second-order valence-electron chi connectivity index (χ2n) is 5.42. The summed E-state index contributed by atoms with van der Waals surface area (Å²) in [7, 11) is 0.811. The molecule has 20 heavy (non-hydrogen) atoms. The van der Waals surface area contributed by atoms with Gasteiger partial charge in [-0.2, -0.15) is 0 Å². The number of ether oxygens (including phenoxy) is 1. The van der Waals surface area contributed by atoms with Crippen LogP contribution in [0.2, 0.25) is 0 Å². The lowest BCUT2D eigenvalue weighted by atomic mass is 9.80. The first-order chi connectivity index (χ1) is 9.69. The molecule has 0 radical (unpaired) electrons. The van der Waals surface area contributed by atoms with Gasteiger partial charge < -0.3 is 10.1 Å². The number of nitrogens with one attached hydrogen (secondary N) is 1. The summed E-state index contributed by atoms with van der Waals surface area (Å²) in [5.74, 6) is 1.09. The van der Waals surface area contributed by atoms with Crippen LogP contribution < -0.4 is 5.32 Å². The molecule has 1 aromatic rings. The lowest BCUT2D eigenvalue weighted by molar-refractivity contribution is 0.217. The van der Waals surface area contributed by atoms with Crippen molar-refractivity contribution >= 4 is 10.8 Å². The van der Waals surface area contributed by atoms with Crippen LogP contribution in [-0.4, -0.2) is 35.5 Å². The van der Waals surface area contributed by atoms with E-state index in [-0.39, 0.29) is 11.3 Å². The molecule has 1 aliphatic carbocycles. The van der Waals surface area contributed by atoms with Gasteiger partial charge in [-0.05, 0) is 30.0 Å². The third kappa shape index (κ3) is 3.30. The topological polar surface area (TPSA) is 38.3 Å². The third-order valence-electron chi connectivity index (χ3n) is 4.07. The Balaban J connectivity index is 2.27. The minimum Gasteiger partial charge on any atom is -0.384 e. The Labute approximate surface area is 124 Å². The number of hydrogen-bond donors (Lipinski definition) is 1. The van der Waals surface area contributed by atoms with E-state index in [9.17, 15) is 4.21 Å². The summed E-state index contributed by atoms with van der Waals surface area (Å²) in [5, 5.41) is 3.71. The number of fused-ring (bicyclic) bond motifs is 1. The van der Waals surface area contributed by atoms with Crippen LogP contribution in [0.3, 0.4) is 0 Å². The standard InChI is InChI=1S/C16H25NO2S/c1-4-17-16-14-8-6-5-7-13(14)12(2)11-15(16)20(18)10-9-19-3/h5-8,12,15-17H,4,9-11H2,1-3H3. The summed E-state index contributed by atoms with van der Waals surface area (Å²) in [4.78, 5) is 0. The van der Waals surface area contributed by atoms with Crippen molar-refractivity contribution < 1.29 is 8.95 Å². The number of benzene rings is 1. The van der Waals surface area contributed by atoms with Crippen LogP contribution in [0.25, 0.3) is 0 Å². The molecule has 0 aromatic heterocycles. The smallest absolute Gasteiger partial charge is 0.0577 e. The Morgan fingerprint density at radius 3 is 2.70 bits per heavy atom. The van der Waals surface area contributed by atoms with Crippen molar-refractivity contribution in [3.05, 3.63) is 35.4 Å². The van der Waals surface area contributed by atoms with E-state index in [0.29, 0.717) is 18.3 Å². The SMILES string of the molecule is CCNC1c2ccccc2C(C)CC1S(=O)CCOC. The Morgan fingerprint density at radius 1 is 1.35 bits per heavy atom. The van der Waals surface area contributed by atoms with Gasteiger partial charge in [0.15, 0.2) is 0 Å². The minimum atomic E-state index is -0.853. The number of hydrogen-bond acceptors (Lipinski definition) is 3. The zero-order valence-electron chi connectivity index (χ0n) is 12.6. The van der Waals surface area contributed by atoms with Gasteiger partial charge >= 0.3 is 0 Å². The van der Waals surface area contributed by atoms with Gasteiger partial charge in [-0.1, -0.05) is 38.1 Å². The first-order valence-electron chi connectivity index (χ1n) is 7.37. The van der Waals surface area contributed by atoms with Gasteiger partial charge in [0.05, 0.1) is 11.9 Å². The molecule has 0 aliphatic heterocycles. The van der Waals surface area contributed by atoms with E-state index in [1.165, 1.54) is 11.1 Å². The molecular weight excluding hydrogens is 270 g/mol. The molecule has 0 saturated heterocycles. The highest BCUT2D eigenvalue weighted by Gasteiger charge is 2.35. The van der Waals surface area contributed by atoms with Gasteiger partial charge in [-0.3, -0.25) is 4.21 Å². The Kier molecular flexibility index (Phi) is 5.75. The van der Waals surface area contributed by atoms with Gasteiger partial charge in [0, 0.05) is 29.7 Å². The predicted octanol–water partition coefficient (Wildman–Crippen LogP) is 2.61. The van der Waals surface area contributed by atoms with Gasteiger partial charge in [-0.25, -0.2) is 0 Å². The molecule has 0 amide bonds. The van der Waals surface area contributed by atoms with Crippen LogP contribution in [-0.2, 0) is 15.5 Å². The molecule has 0 fully saturated rings. The van der Waals surface area contributed by atoms with E-state index in [4.69, 9.17) is 4.74 Å². The van der Waals surface area contributed by atoms with Crippen molar-refractivity contribution in [2.45, 2.75) is 37.5 Å². The largest absolute Gasteiger partial charge is 0.384 e. The fraction of sp³-hybridized carbons (Fsp3) is 0.625. The molecule has 1 aliphatic rings. The van der Waals surface area contributed by atoms with E-state index >= 15 is 0 Å². The van der Waals surface area contributed by atoms with Crippen molar-refractivity contribution in [2.75, 3.05) is 26.0 Å². The molecular formula is C16H25NO2S. The average Bonchev–Trinajstić information content (AvgIpc) is 2.47. The van der Waals surface area contributed by atoms with Gasteiger partial charge in [0.25, 0.3) is 0 Å². The highest BCUT2D eigenvalue weighted by atomic mass is 32.2. The molecule has 0 saturated carbocycles. The summed E-state index contributed by atoms with van der Waals surface area (Å²) < 4.78 is 17.7. The molecule has 1 N–H and O–H groups in total. The summed E-state index contributed by atoms with van der Waals surface area (Å²) in [6.07, 6.45) is 0.977. The van der Waals surface area contributed by atoms with E-state index in [1.54, 1.807) is 7.11 Å². The van der Waals surface area contributed by atoms with E-state index in [1.807, 2.05) is 0 Å². The molecule has 1 aromatic carbocycles. The molecule has 0 bridgehead atoms. The lowest BCUT2D eigenvalue weighted by Crippen LogP contribution is -2.40. The lowest BCUT2D eigenvalue weighted by Gasteiger charge is -2.37. The fourth-order valence-corrected chi connectivity index (χ4v) is 4.78. The summed E-state index contributed by atoms with van der Waals surface area (Å²) >= 11 is 0. The van der Waals surface area contributed by atoms with Crippen molar-refractivity contribution in [1.29, 1.82) is 0 Å². The number of rotatable bonds is 6. The minimum absolute atomic E-state index is 0.176. The van der Waals surface area contributed by atoms with Crippen LogP contribution in [0.1, 0.15) is 43.4 Å². The van der Waals surface area contributed by atoms with E-state index in [0.717, 1.165) is 13.0 Å². The van der Waals surface area contributed by atoms with Crippen molar-refractivity contribution in [1.82, 2.24) is 5.32 Å². The average molecular weight is 295 g/mol. The summed E-state index contributed by atoms with van der Waals surface area (Å²) in [5.41, 5.74) is 2.72. The molecule has 112 valence electrons. The van der Waals surface area contributed by atoms with Crippen LogP contribution in [0, 0.1) is 0 Å². The van der Waals surface area contributed by atoms with Gasteiger partial charge in [-0.15, -0.1) is 0 Å². The maximum atomic E-state index is 12.6. The zero-order valence-corrected chi connectivity index (χ0v) is 13.4. The summed E-state index contributed by atoms with van der Waals surface area (Å²) in [6.45, 7) is 5.81. The van der Waals surface area contributed by atoms with Gasteiger partial charge in [0.2, 0.25) is 0 Å². The van der Waals surface area contributed by atoms with Crippen molar-refractivity contribution in [3.8, 4) is 0 Å². The second kappa shape index (κ2) is 7.34.